The predicted molar refractivity (Wildman–Crippen MR) is 119 cm³/mol. The van der Waals surface area contributed by atoms with Crippen molar-refractivity contribution in [1.29, 1.82) is 0 Å². The van der Waals surface area contributed by atoms with Crippen molar-refractivity contribution in [2.75, 3.05) is 24.5 Å². The van der Waals surface area contributed by atoms with Gasteiger partial charge >= 0.3 is 0 Å². The number of amides is 1. The van der Waals surface area contributed by atoms with Crippen molar-refractivity contribution in [2.24, 2.45) is 7.05 Å². The number of aryl methyl sites for hydroxylation is 2. The van der Waals surface area contributed by atoms with Crippen LogP contribution in [0.3, 0.4) is 0 Å². The number of anilines is 1. The standard InChI is InChI=1S/C22H31N5O3S/c1-17-15-21(25(2)24-17)26-13-8-9-18(16-26)23-22(28)20-12-6-7-14-27(20)31(29,30)19-10-4-3-5-11-19/h3-5,10-11,15,18,20H,6-9,12-14,16H2,1-2H3,(H,23,28)/t18-,20+/m1/s1. The van der Waals surface area contributed by atoms with Gasteiger partial charge in [-0.05, 0) is 44.7 Å². The smallest absolute Gasteiger partial charge is 0.243 e. The third kappa shape index (κ3) is 4.62. The van der Waals surface area contributed by atoms with Crippen LogP contribution in [0.25, 0.3) is 0 Å². The number of carbonyl (C=O) groups excluding carboxylic acids is 1. The van der Waals surface area contributed by atoms with E-state index in [1.54, 1.807) is 30.3 Å². The van der Waals surface area contributed by atoms with Crippen LogP contribution in [0.4, 0.5) is 5.82 Å². The number of nitrogens with one attached hydrogen (secondary N) is 1. The van der Waals surface area contributed by atoms with Gasteiger partial charge in [-0.15, -0.1) is 0 Å². The van der Waals surface area contributed by atoms with Crippen LogP contribution in [0.2, 0.25) is 0 Å². The van der Waals surface area contributed by atoms with E-state index in [0.717, 1.165) is 43.7 Å². The Morgan fingerprint density at radius 3 is 2.58 bits per heavy atom. The van der Waals surface area contributed by atoms with Crippen LogP contribution in [-0.4, -0.2) is 60.1 Å². The zero-order valence-corrected chi connectivity index (χ0v) is 19.0. The molecule has 8 nitrogen and oxygen atoms in total. The fraction of sp³-hybridized carbons (Fsp3) is 0.545. The second-order valence-electron chi connectivity index (χ2n) is 8.50. The van der Waals surface area contributed by atoms with E-state index in [9.17, 15) is 13.2 Å². The van der Waals surface area contributed by atoms with Gasteiger partial charge in [0, 0.05) is 38.8 Å². The van der Waals surface area contributed by atoms with E-state index >= 15 is 0 Å². The summed E-state index contributed by atoms with van der Waals surface area (Å²) in [6, 6.07) is 9.78. The van der Waals surface area contributed by atoms with Crippen LogP contribution in [0, 0.1) is 6.92 Å². The number of hydrogen-bond donors (Lipinski definition) is 1. The number of hydrogen-bond acceptors (Lipinski definition) is 5. The van der Waals surface area contributed by atoms with E-state index in [1.807, 2.05) is 18.7 Å². The molecule has 3 heterocycles. The number of rotatable bonds is 5. The molecule has 1 aromatic heterocycles. The Labute approximate surface area is 184 Å². The fourth-order valence-corrected chi connectivity index (χ4v) is 6.35. The minimum absolute atomic E-state index is 0.0142. The molecule has 1 aromatic carbocycles. The van der Waals surface area contributed by atoms with Gasteiger partial charge in [-0.1, -0.05) is 24.6 Å². The SMILES string of the molecule is Cc1cc(N2CCC[C@@H](NC(=O)[C@@H]3CCCCN3S(=O)(=O)c3ccccc3)C2)n(C)n1. The summed E-state index contributed by atoms with van der Waals surface area (Å²) in [4.78, 5) is 15.7. The van der Waals surface area contributed by atoms with E-state index in [2.05, 4.69) is 21.4 Å². The van der Waals surface area contributed by atoms with Crippen LogP contribution in [0.5, 0.6) is 0 Å². The molecule has 9 heteroatoms. The summed E-state index contributed by atoms with van der Waals surface area (Å²) in [6.07, 6.45) is 4.02. The Morgan fingerprint density at radius 2 is 1.87 bits per heavy atom. The molecule has 2 aromatic rings. The average Bonchev–Trinajstić information content (AvgIpc) is 3.12. The summed E-state index contributed by atoms with van der Waals surface area (Å²) >= 11 is 0. The van der Waals surface area contributed by atoms with Gasteiger partial charge in [0.1, 0.15) is 11.9 Å². The summed E-state index contributed by atoms with van der Waals surface area (Å²) in [5, 5.41) is 7.58. The summed E-state index contributed by atoms with van der Waals surface area (Å²) in [5.41, 5.74) is 0.965. The maximum atomic E-state index is 13.2. The molecule has 0 radical (unpaired) electrons. The highest BCUT2D eigenvalue weighted by Crippen LogP contribution is 2.26. The third-order valence-electron chi connectivity index (χ3n) is 6.18. The van der Waals surface area contributed by atoms with Crippen molar-refractivity contribution in [3.63, 3.8) is 0 Å². The Hall–Kier alpha value is -2.39. The molecule has 0 unspecified atom stereocenters. The van der Waals surface area contributed by atoms with Gasteiger partial charge in [0.15, 0.2) is 0 Å². The second kappa shape index (κ2) is 9.00. The van der Waals surface area contributed by atoms with Gasteiger partial charge in [0.2, 0.25) is 15.9 Å². The Kier molecular flexibility index (Phi) is 6.34. The summed E-state index contributed by atoms with van der Waals surface area (Å²) < 4.78 is 29.7. The molecule has 0 aliphatic carbocycles. The first-order valence-electron chi connectivity index (χ1n) is 11.0. The van der Waals surface area contributed by atoms with Crippen molar-refractivity contribution in [1.82, 2.24) is 19.4 Å². The number of nitrogens with zero attached hydrogens (tertiary/aromatic N) is 4. The largest absolute Gasteiger partial charge is 0.355 e. The molecule has 1 amide bonds. The van der Waals surface area contributed by atoms with Crippen molar-refractivity contribution in [3.05, 3.63) is 42.1 Å². The lowest BCUT2D eigenvalue weighted by molar-refractivity contribution is -0.126. The first-order chi connectivity index (χ1) is 14.9. The van der Waals surface area contributed by atoms with E-state index in [0.29, 0.717) is 19.5 Å². The monoisotopic (exact) mass is 445 g/mol. The summed E-state index contributed by atoms with van der Waals surface area (Å²) in [5.74, 6) is 0.856. The molecule has 2 aliphatic heterocycles. The summed E-state index contributed by atoms with van der Waals surface area (Å²) in [6.45, 7) is 3.96. The molecule has 2 atom stereocenters. The molecule has 0 spiro atoms. The summed E-state index contributed by atoms with van der Waals surface area (Å²) in [7, 11) is -1.77. The average molecular weight is 446 g/mol. The lowest BCUT2D eigenvalue weighted by Crippen LogP contribution is -2.56. The maximum Gasteiger partial charge on any atom is 0.243 e. The van der Waals surface area contributed by atoms with Crippen LogP contribution in [0.1, 0.15) is 37.8 Å². The van der Waals surface area contributed by atoms with Gasteiger partial charge < -0.3 is 10.2 Å². The first-order valence-corrected chi connectivity index (χ1v) is 12.4. The van der Waals surface area contributed by atoms with Crippen LogP contribution in [-0.2, 0) is 21.9 Å². The van der Waals surface area contributed by atoms with E-state index in [1.165, 1.54) is 4.31 Å². The molecule has 0 saturated carbocycles. The molecule has 2 aliphatic rings. The highest BCUT2D eigenvalue weighted by molar-refractivity contribution is 7.89. The fourth-order valence-electron chi connectivity index (χ4n) is 4.68. The number of piperidine rings is 2. The number of carbonyl (C=O) groups is 1. The van der Waals surface area contributed by atoms with E-state index < -0.39 is 16.1 Å². The zero-order valence-electron chi connectivity index (χ0n) is 18.2. The highest BCUT2D eigenvalue weighted by Gasteiger charge is 2.38. The van der Waals surface area contributed by atoms with Crippen LogP contribution >= 0.6 is 0 Å². The molecular weight excluding hydrogens is 414 g/mol. The Bertz CT molecular complexity index is 1020. The highest BCUT2D eigenvalue weighted by atomic mass is 32.2. The van der Waals surface area contributed by atoms with Gasteiger partial charge in [-0.25, -0.2) is 8.42 Å². The second-order valence-corrected chi connectivity index (χ2v) is 10.4. The van der Waals surface area contributed by atoms with Crippen molar-refractivity contribution in [3.8, 4) is 0 Å². The molecular formula is C22H31N5O3S. The molecule has 0 bridgehead atoms. The topological polar surface area (TPSA) is 87.5 Å². The molecule has 1 N–H and O–H groups in total. The number of benzene rings is 1. The lowest BCUT2D eigenvalue weighted by Gasteiger charge is -2.37. The first kappa shape index (κ1) is 21.8. The van der Waals surface area contributed by atoms with E-state index in [4.69, 9.17) is 0 Å². The maximum absolute atomic E-state index is 13.2. The molecule has 2 fully saturated rings. The molecule has 168 valence electrons. The minimum atomic E-state index is -3.70. The molecule has 31 heavy (non-hydrogen) atoms. The lowest BCUT2D eigenvalue weighted by atomic mass is 10.0. The van der Waals surface area contributed by atoms with Gasteiger partial charge in [0.25, 0.3) is 0 Å². The van der Waals surface area contributed by atoms with Crippen LogP contribution < -0.4 is 10.2 Å². The van der Waals surface area contributed by atoms with Gasteiger partial charge in [-0.2, -0.15) is 9.40 Å². The quantitative estimate of drug-likeness (QED) is 0.761. The number of aromatic nitrogens is 2. The van der Waals surface area contributed by atoms with Crippen molar-refractivity contribution < 1.29 is 13.2 Å². The Morgan fingerprint density at radius 1 is 1.10 bits per heavy atom. The predicted octanol–water partition coefficient (Wildman–Crippen LogP) is 2.06. The van der Waals surface area contributed by atoms with Crippen molar-refractivity contribution in [2.45, 2.75) is 56.0 Å². The van der Waals surface area contributed by atoms with E-state index in [-0.39, 0.29) is 16.8 Å². The normalized spacial score (nSPS) is 23.0. The zero-order chi connectivity index (χ0) is 22.0. The number of sulfonamides is 1. The molecule has 2 saturated heterocycles. The molecule has 4 rings (SSSR count). The minimum Gasteiger partial charge on any atom is -0.355 e. The Balaban J connectivity index is 1.47. The van der Waals surface area contributed by atoms with Gasteiger partial charge in [-0.3, -0.25) is 9.48 Å². The van der Waals surface area contributed by atoms with Crippen LogP contribution in [0.15, 0.2) is 41.3 Å². The van der Waals surface area contributed by atoms with Gasteiger partial charge in [0.05, 0.1) is 10.6 Å². The van der Waals surface area contributed by atoms with Crippen molar-refractivity contribution >= 4 is 21.7 Å². The third-order valence-corrected chi connectivity index (χ3v) is 8.10.